The molecule has 1 N–H and O–H groups in total. The summed E-state index contributed by atoms with van der Waals surface area (Å²) in [6.07, 6.45) is 6.36. The lowest BCUT2D eigenvalue weighted by atomic mass is 9.93. The highest BCUT2D eigenvalue weighted by Crippen LogP contribution is 2.21. The van der Waals surface area contributed by atoms with Crippen molar-refractivity contribution in [3.05, 3.63) is 18.0 Å². The number of carbonyl (C=O) groups is 2. The molecule has 1 aromatic rings. The molecule has 156 valence electrons. The van der Waals surface area contributed by atoms with Gasteiger partial charge in [0.15, 0.2) is 0 Å². The Balaban J connectivity index is 1.45. The van der Waals surface area contributed by atoms with Crippen LogP contribution in [0.5, 0.6) is 0 Å². The average molecular weight is 390 g/mol. The highest BCUT2D eigenvalue weighted by atomic mass is 16.2. The number of amides is 2. The number of hydrogen-bond acceptors (Lipinski definition) is 4. The van der Waals surface area contributed by atoms with Crippen molar-refractivity contribution >= 4 is 11.8 Å². The van der Waals surface area contributed by atoms with Crippen LogP contribution in [0.25, 0.3) is 0 Å². The van der Waals surface area contributed by atoms with E-state index in [0.29, 0.717) is 30.7 Å². The minimum Gasteiger partial charge on any atom is -0.353 e. The Morgan fingerprint density at radius 3 is 2.61 bits per heavy atom. The van der Waals surface area contributed by atoms with Gasteiger partial charge < -0.3 is 15.1 Å². The third kappa shape index (κ3) is 5.34. The average Bonchev–Trinajstić information content (AvgIpc) is 3.17. The van der Waals surface area contributed by atoms with Gasteiger partial charge in [-0.1, -0.05) is 0 Å². The van der Waals surface area contributed by atoms with Crippen molar-refractivity contribution in [2.75, 3.05) is 26.2 Å². The zero-order chi connectivity index (χ0) is 20.1. The van der Waals surface area contributed by atoms with E-state index < -0.39 is 0 Å². The Morgan fingerprint density at radius 1 is 1.21 bits per heavy atom. The van der Waals surface area contributed by atoms with E-state index in [-0.39, 0.29) is 17.7 Å². The Hall–Kier alpha value is -1.89. The van der Waals surface area contributed by atoms with E-state index >= 15 is 0 Å². The van der Waals surface area contributed by atoms with Crippen LogP contribution in [0, 0.1) is 5.92 Å². The quantitative estimate of drug-likeness (QED) is 0.809. The molecular weight excluding hydrogens is 354 g/mol. The van der Waals surface area contributed by atoms with Crippen molar-refractivity contribution in [1.29, 1.82) is 0 Å². The van der Waals surface area contributed by atoms with Crippen LogP contribution in [0.15, 0.2) is 12.3 Å². The first-order chi connectivity index (χ1) is 13.5. The van der Waals surface area contributed by atoms with Gasteiger partial charge in [0.05, 0.1) is 0 Å². The number of hydrogen-bond donors (Lipinski definition) is 1. The van der Waals surface area contributed by atoms with Crippen molar-refractivity contribution in [3.8, 4) is 0 Å². The summed E-state index contributed by atoms with van der Waals surface area (Å²) in [6, 6.07) is 2.65. The maximum atomic E-state index is 12.7. The summed E-state index contributed by atoms with van der Waals surface area (Å²) in [5.41, 5.74) is 0.504. The van der Waals surface area contributed by atoms with Crippen LogP contribution in [-0.2, 0) is 11.3 Å². The molecule has 2 amide bonds. The van der Waals surface area contributed by atoms with E-state index in [1.807, 2.05) is 18.0 Å². The molecule has 3 rings (SSSR count). The van der Waals surface area contributed by atoms with Crippen LogP contribution in [0.1, 0.15) is 63.4 Å². The van der Waals surface area contributed by atoms with Crippen molar-refractivity contribution in [2.24, 2.45) is 5.92 Å². The van der Waals surface area contributed by atoms with Crippen molar-refractivity contribution in [3.63, 3.8) is 0 Å². The lowest BCUT2D eigenvalue weighted by Crippen LogP contribution is -2.47. The van der Waals surface area contributed by atoms with Gasteiger partial charge in [-0.25, -0.2) is 0 Å². The van der Waals surface area contributed by atoms with E-state index in [1.165, 1.54) is 0 Å². The molecule has 1 aromatic heterocycles. The first kappa shape index (κ1) is 20.8. The zero-order valence-electron chi connectivity index (χ0n) is 17.6. The summed E-state index contributed by atoms with van der Waals surface area (Å²) < 4.78 is 1.77. The van der Waals surface area contributed by atoms with Crippen molar-refractivity contribution in [1.82, 2.24) is 24.9 Å². The number of aromatic nitrogens is 2. The molecule has 0 aliphatic carbocycles. The molecule has 0 radical (unpaired) electrons. The number of piperidine rings is 2. The fraction of sp³-hybridized carbons (Fsp3) is 0.762. The normalized spacial score (nSPS) is 21.9. The summed E-state index contributed by atoms with van der Waals surface area (Å²) in [5.74, 6) is 0.359. The molecule has 2 aliphatic heterocycles. The van der Waals surface area contributed by atoms with Gasteiger partial charge in [0.25, 0.3) is 5.91 Å². The SMILES string of the molecule is CCn1ccc(C(=O)N2CCCC(CC(=O)NC3CCN(C(C)C)CC3)C2)n1. The third-order valence-corrected chi connectivity index (χ3v) is 6.09. The molecule has 3 heterocycles. The lowest BCUT2D eigenvalue weighted by Gasteiger charge is -2.35. The van der Waals surface area contributed by atoms with Crippen LogP contribution in [0.2, 0.25) is 0 Å². The second-order valence-electron chi connectivity index (χ2n) is 8.49. The van der Waals surface area contributed by atoms with Crippen LogP contribution in [0.3, 0.4) is 0 Å². The zero-order valence-corrected chi connectivity index (χ0v) is 17.6. The summed E-state index contributed by atoms with van der Waals surface area (Å²) >= 11 is 0. The molecule has 0 spiro atoms. The molecule has 1 atom stereocenters. The summed E-state index contributed by atoms with van der Waals surface area (Å²) in [6.45, 7) is 10.7. The first-order valence-corrected chi connectivity index (χ1v) is 10.8. The van der Waals surface area contributed by atoms with Gasteiger partial charge in [-0.15, -0.1) is 0 Å². The van der Waals surface area contributed by atoms with Crippen LogP contribution in [0.4, 0.5) is 0 Å². The number of carbonyl (C=O) groups excluding carboxylic acids is 2. The van der Waals surface area contributed by atoms with E-state index in [0.717, 1.165) is 51.9 Å². The number of aryl methyl sites for hydroxylation is 1. The molecule has 0 saturated carbocycles. The van der Waals surface area contributed by atoms with Gasteiger partial charge in [-0.3, -0.25) is 14.3 Å². The molecule has 7 nitrogen and oxygen atoms in total. The van der Waals surface area contributed by atoms with E-state index in [1.54, 1.807) is 10.7 Å². The number of rotatable bonds is 6. The predicted octanol–water partition coefficient (Wildman–Crippen LogP) is 2.13. The standard InChI is InChI=1S/C21H35N5O2/c1-4-26-13-9-19(23-26)21(28)25-10-5-6-17(15-25)14-20(27)22-18-7-11-24(12-8-18)16(2)3/h9,13,16-18H,4-8,10-12,14-15H2,1-3H3,(H,22,27). The predicted molar refractivity (Wildman–Crippen MR) is 109 cm³/mol. The minimum absolute atomic E-state index is 0.0154. The topological polar surface area (TPSA) is 70.5 Å². The molecule has 2 fully saturated rings. The monoisotopic (exact) mass is 389 g/mol. The second kappa shape index (κ2) is 9.54. The molecule has 7 heteroatoms. The summed E-state index contributed by atoms with van der Waals surface area (Å²) in [4.78, 5) is 29.6. The summed E-state index contributed by atoms with van der Waals surface area (Å²) in [7, 11) is 0. The molecule has 0 aromatic carbocycles. The van der Waals surface area contributed by atoms with Crippen molar-refractivity contribution < 1.29 is 9.59 Å². The van der Waals surface area contributed by atoms with E-state index in [9.17, 15) is 9.59 Å². The van der Waals surface area contributed by atoms with Crippen LogP contribution in [-0.4, -0.2) is 69.7 Å². The fourth-order valence-electron chi connectivity index (χ4n) is 4.34. The Kier molecular flexibility index (Phi) is 7.10. The fourth-order valence-corrected chi connectivity index (χ4v) is 4.34. The number of nitrogens with one attached hydrogen (secondary N) is 1. The van der Waals surface area contributed by atoms with E-state index in [4.69, 9.17) is 0 Å². The second-order valence-corrected chi connectivity index (χ2v) is 8.49. The van der Waals surface area contributed by atoms with Gasteiger partial charge >= 0.3 is 0 Å². The van der Waals surface area contributed by atoms with Gasteiger partial charge in [0, 0.05) is 57.4 Å². The molecular formula is C21H35N5O2. The Morgan fingerprint density at radius 2 is 1.96 bits per heavy atom. The van der Waals surface area contributed by atoms with Crippen molar-refractivity contribution in [2.45, 2.75) is 71.5 Å². The van der Waals surface area contributed by atoms with E-state index in [2.05, 4.69) is 29.2 Å². The highest BCUT2D eigenvalue weighted by Gasteiger charge is 2.28. The smallest absolute Gasteiger partial charge is 0.274 e. The van der Waals surface area contributed by atoms with Gasteiger partial charge in [-0.05, 0) is 58.4 Å². The number of nitrogens with zero attached hydrogens (tertiary/aromatic N) is 4. The first-order valence-electron chi connectivity index (χ1n) is 10.8. The summed E-state index contributed by atoms with van der Waals surface area (Å²) in [5, 5.41) is 7.56. The molecule has 28 heavy (non-hydrogen) atoms. The third-order valence-electron chi connectivity index (χ3n) is 6.09. The molecule has 0 bridgehead atoms. The van der Waals surface area contributed by atoms with Gasteiger partial charge in [0.1, 0.15) is 5.69 Å². The molecule has 2 aliphatic rings. The lowest BCUT2D eigenvalue weighted by molar-refractivity contribution is -0.123. The molecule has 1 unspecified atom stereocenters. The van der Waals surface area contributed by atoms with Crippen LogP contribution < -0.4 is 5.32 Å². The maximum absolute atomic E-state index is 12.7. The minimum atomic E-state index is -0.0154. The van der Waals surface area contributed by atoms with Crippen LogP contribution >= 0.6 is 0 Å². The number of likely N-dealkylation sites (tertiary alicyclic amines) is 2. The maximum Gasteiger partial charge on any atom is 0.274 e. The van der Waals surface area contributed by atoms with Gasteiger partial charge in [0.2, 0.25) is 5.91 Å². The molecule has 2 saturated heterocycles. The highest BCUT2D eigenvalue weighted by molar-refractivity contribution is 5.92. The Labute approximate surface area is 168 Å². The Bertz CT molecular complexity index is 664. The largest absolute Gasteiger partial charge is 0.353 e. The van der Waals surface area contributed by atoms with Gasteiger partial charge in [-0.2, -0.15) is 5.10 Å².